The van der Waals surface area contributed by atoms with E-state index in [9.17, 15) is 9.59 Å². The second kappa shape index (κ2) is 10.5. The minimum Gasteiger partial charge on any atom is -0.493 e. The molecule has 0 aliphatic heterocycles. The molecule has 0 aliphatic rings. The SMILES string of the molecule is COc1ccc(CCNC(=O)CNc2ccc(C(=O)NC(C)(C)C)cc2)cc1OC. The third kappa shape index (κ3) is 7.31. The van der Waals surface area contributed by atoms with Crippen LogP contribution >= 0.6 is 0 Å². The molecule has 0 spiro atoms. The standard InChI is InChI=1S/C23H31N3O4/c1-23(2,3)26-22(28)17-7-9-18(10-8-17)25-15-21(27)24-13-12-16-6-11-19(29-4)20(14-16)30-5/h6-11,14,25H,12-13,15H2,1-5H3,(H,24,27)(H,26,28). The molecule has 7 nitrogen and oxygen atoms in total. The first kappa shape index (κ1) is 23.1. The smallest absolute Gasteiger partial charge is 0.251 e. The lowest BCUT2D eigenvalue weighted by Crippen LogP contribution is -2.40. The second-order valence-electron chi connectivity index (χ2n) is 7.92. The van der Waals surface area contributed by atoms with Crippen LogP contribution in [0.15, 0.2) is 42.5 Å². The molecule has 0 saturated carbocycles. The highest BCUT2D eigenvalue weighted by molar-refractivity contribution is 5.95. The number of ether oxygens (including phenoxy) is 2. The molecule has 2 amide bonds. The molecule has 2 aromatic carbocycles. The van der Waals surface area contributed by atoms with Crippen molar-refractivity contribution >= 4 is 17.5 Å². The second-order valence-corrected chi connectivity index (χ2v) is 7.92. The van der Waals surface area contributed by atoms with Crippen LogP contribution in [0.5, 0.6) is 11.5 Å². The number of rotatable bonds is 9. The van der Waals surface area contributed by atoms with E-state index in [1.54, 1.807) is 38.5 Å². The van der Waals surface area contributed by atoms with Crippen LogP contribution in [-0.2, 0) is 11.2 Å². The summed E-state index contributed by atoms with van der Waals surface area (Å²) in [5, 5.41) is 8.86. The summed E-state index contributed by atoms with van der Waals surface area (Å²) in [5.41, 5.74) is 2.11. The molecule has 2 aromatic rings. The first-order valence-electron chi connectivity index (χ1n) is 9.86. The highest BCUT2D eigenvalue weighted by Gasteiger charge is 2.15. The fourth-order valence-electron chi connectivity index (χ4n) is 2.78. The normalized spacial score (nSPS) is 10.8. The van der Waals surface area contributed by atoms with Crippen molar-refractivity contribution in [2.45, 2.75) is 32.7 Å². The number of hydrogen-bond acceptors (Lipinski definition) is 5. The van der Waals surface area contributed by atoms with Crippen LogP contribution in [0.2, 0.25) is 0 Å². The molecular formula is C23H31N3O4. The van der Waals surface area contributed by atoms with E-state index in [2.05, 4.69) is 16.0 Å². The average molecular weight is 414 g/mol. The van der Waals surface area contributed by atoms with Gasteiger partial charge in [-0.2, -0.15) is 0 Å². The van der Waals surface area contributed by atoms with Gasteiger partial charge in [0.1, 0.15) is 0 Å². The summed E-state index contributed by atoms with van der Waals surface area (Å²) in [5.74, 6) is 1.12. The van der Waals surface area contributed by atoms with Crippen molar-refractivity contribution in [1.82, 2.24) is 10.6 Å². The summed E-state index contributed by atoms with van der Waals surface area (Å²) >= 11 is 0. The van der Waals surface area contributed by atoms with Crippen LogP contribution in [0.25, 0.3) is 0 Å². The predicted molar refractivity (Wildman–Crippen MR) is 118 cm³/mol. The lowest BCUT2D eigenvalue weighted by atomic mass is 10.1. The predicted octanol–water partition coefficient (Wildman–Crippen LogP) is 3.00. The molecule has 0 heterocycles. The van der Waals surface area contributed by atoms with Gasteiger partial charge in [-0.05, 0) is 69.2 Å². The van der Waals surface area contributed by atoms with Gasteiger partial charge in [0.05, 0.1) is 20.8 Å². The van der Waals surface area contributed by atoms with Gasteiger partial charge in [-0.25, -0.2) is 0 Å². The average Bonchev–Trinajstić information content (AvgIpc) is 2.71. The minimum absolute atomic E-state index is 0.106. The number of carbonyl (C=O) groups is 2. The molecule has 0 saturated heterocycles. The van der Waals surface area contributed by atoms with Crippen molar-refractivity contribution in [1.29, 1.82) is 0 Å². The topological polar surface area (TPSA) is 88.7 Å². The van der Waals surface area contributed by atoms with Crippen LogP contribution in [0.4, 0.5) is 5.69 Å². The Morgan fingerprint density at radius 1 is 0.933 bits per heavy atom. The third-order valence-electron chi connectivity index (χ3n) is 4.27. The minimum atomic E-state index is -0.289. The number of nitrogens with one attached hydrogen (secondary N) is 3. The number of methoxy groups -OCH3 is 2. The molecule has 0 unspecified atom stereocenters. The molecule has 30 heavy (non-hydrogen) atoms. The van der Waals surface area contributed by atoms with Gasteiger partial charge in [0.2, 0.25) is 5.91 Å². The van der Waals surface area contributed by atoms with Crippen LogP contribution < -0.4 is 25.4 Å². The summed E-state index contributed by atoms with van der Waals surface area (Å²) in [6.45, 7) is 6.47. The Morgan fingerprint density at radius 3 is 2.20 bits per heavy atom. The van der Waals surface area contributed by atoms with E-state index >= 15 is 0 Å². The molecule has 2 rings (SSSR count). The molecule has 0 atom stereocenters. The van der Waals surface area contributed by atoms with Gasteiger partial charge in [0.25, 0.3) is 5.91 Å². The van der Waals surface area contributed by atoms with Gasteiger partial charge in [-0.3, -0.25) is 9.59 Å². The molecular weight excluding hydrogens is 382 g/mol. The molecule has 7 heteroatoms. The number of carbonyl (C=O) groups excluding carboxylic acids is 2. The summed E-state index contributed by atoms with van der Waals surface area (Å²) in [4.78, 5) is 24.2. The quantitative estimate of drug-likeness (QED) is 0.588. The van der Waals surface area contributed by atoms with Crippen LogP contribution in [0, 0.1) is 0 Å². The lowest BCUT2D eigenvalue weighted by molar-refractivity contribution is -0.119. The maximum Gasteiger partial charge on any atom is 0.251 e. The molecule has 0 aromatic heterocycles. The van der Waals surface area contributed by atoms with E-state index in [1.165, 1.54) is 0 Å². The highest BCUT2D eigenvalue weighted by atomic mass is 16.5. The Balaban J connectivity index is 1.76. The lowest BCUT2D eigenvalue weighted by Gasteiger charge is -2.20. The first-order valence-corrected chi connectivity index (χ1v) is 9.86. The maximum absolute atomic E-state index is 12.1. The summed E-state index contributed by atoms with van der Waals surface area (Å²) in [6.07, 6.45) is 0.684. The van der Waals surface area contributed by atoms with Gasteiger partial charge < -0.3 is 25.4 Å². The number of benzene rings is 2. The van der Waals surface area contributed by atoms with Gasteiger partial charge >= 0.3 is 0 Å². The fourth-order valence-corrected chi connectivity index (χ4v) is 2.78. The van der Waals surface area contributed by atoms with Crippen LogP contribution in [-0.4, -0.2) is 44.7 Å². The van der Waals surface area contributed by atoms with E-state index in [4.69, 9.17) is 9.47 Å². The largest absolute Gasteiger partial charge is 0.493 e. The zero-order valence-electron chi connectivity index (χ0n) is 18.3. The first-order chi connectivity index (χ1) is 14.2. The van der Waals surface area contributed by atoms with Gasteiger partial charge in [0, 0.05) is 23.3 Å². The van der Waals surface area contributed by atoms with Crippen molar-refractivity contribution in [3.63, 3.8) is 0 Å². The van der Waals surface area contributed by atoms with E-state index in [0.717, 1.165) is 11.3 Å². The van der Waals surface area contributed by atoms with E-state index in [-0.39, 0.29) is 23.9 Å². The molecule has 0 fully saturated rings. The molecule has 0 aliphatic carbocycles. The van der Waals surface area contributed by atoms with E-state index in [1.807, 2.05) is 39.0 Å². The Bertz CT molecular complexity index is 858. The summed E-state index contributed by atoms with van der Waals surface area (Å²) in [6, 6.07) is 12.7. The fraction of sp³-hybridized carbons (Fsp3) is 0.391. The van der Waals surface area contributed by atoms with Crippen LogP contribution in [0.3, 0.4) is 0 Å². The zero-order valence-corrected chi connectivity index (χ0v) is 18.3. The van der Waals surface area contributed by atoms with E-state index in [0.29, 0.717) is 30.0 Å². The number of amides is 2. The van der Waals surface area contributed by atoms with Gasteiger partial charge in [-0.15, -0.1) is 0 Å². The Labute approximate surface area is 178 Å². The number of hydrogen-bond donors (Lipinski definition) is 3. The highest BCUT2D eigenvalue weighted by Crippen LogP contribution is 2.27. The molecule has 0 bridgehead atoms. The Kier molecular flexibility index (Phi) is 8.09. The Morgan fingerprint density at radius 2 is 1.60 bits per heavy atom. The molecule has 0 radical (unpaired) electrons. The molecule has 162 valence electrons. The van der Waals surface area contributed by atoms with Crippen molar-refractivity contribution in [2.75, 3.05) is 32.6 Å². The Hall–Kier alpha value is -3.22. The van der Waals surface area contributed by atoms with Crippen LogP contribution in [0.1, 0.15) is 36.7 Å². The van der Waals surface area contributed by atoms with Crippen molar-refractivity contribution in [2.24, 2.45) is 0 Å². The maximum atomic E-state index is 12.1. The third-order valence-corrected chi connectivity index (χ3v) is 4.27. The van der Waals surface area contributed by atoms with Crippen molar-refractivity contribution < 1.29 is 19.1 Å². The van der Waals surface area contributed by atoms with Crippen molar-refractivity contribution in [3.8, 4) is 11.5 Å². The summed E-state index contributed by atoms with van der Waals surface area (Å²) < 4.78 is 10.5. The summed E-state index contributed by atoms with van der Waals surface area (Å²) in [7, 11) is 3.19. The van der Waals surface area contributed by atoms with Gasteiger partial charge in [-0.1, -0.05) is 6.07 Å². The van der Waals surface area contributed by atoms with Crippen molar-refractivity contribution in [3.05, 3.63) is 53.6 Å². The number of anilines is 1. The monoisotopic (exact) mass is 413 g/mol. The molecule has 3 N–H and O–H groups in total. The van der Waals surface area contributed by atoms with E-state index < -0.39 is 0 Å². The zero-order chi connectivity index (χ0) is 22.1. The van der Waals surface area contributed by atoms with Gasteiger partial charge in [0.15, 0.2) is 11.5 Å².